The lowest BCUT2D eigenvalue weighted by Crippen LogP contribution is -2.38. The predicted molar refractivity (Wildman–Crippen MR) is 95.5 cm³/mol. The van der Waals surface area contributed by atoms with Gasteiger partial charge in [0.05, 0.1) is 26.4 Å². The molecular weight excluding hydrogens is 316 g/mol. The van der Waals surface area contributed by atoms with Gasteiger partial charge in [-0.05, 0) is 35.4 Å². The number of rotatable bonds is 6. The Morgan fingerprint density at radius 1 is 0.680 bits per heavy atom. The summed E-state index contributed by atoms with van der Waals surface area (Å²) in [5, 5.41) is 0. The van der Waals surface area contributed by atoms with Crippen LogP contribution in [-0.4, -0.2) is 38.6 Å². The van der Waals surface area contributed by atoms with E-state index in [1.165, 1.54) is 11.1 Å². The van der Waals surface area contributed by atoms with Crippen molar-refractivity contribution in [1.82, 2.24) is 0 Å². The van der Waals surface area contributed by atoms with Crippen LogP contribution in [0.3, 0.4) is 0 Å². The van der Waals surface area contributed by atoms with Crippen LogP contribution < -0.4 is 9.47 Å². The van der Waals surface area contributed by atoms with E-state index in [1.807, 2.05) is 24.3 Å². The summed E-state index contributed by atoms with van der Waals surface area (Å²) in [6.07, 6.45) is 0.403. The molecule has 0 amide bonds. The van der Waals surface area contributed by atoms with Crippen LogP contribution in [0.15, 0.2) is 48.5 Å². The van der Waals surface area contributed by atoms with Gasteiger partial charge in [0.1, 0.15) is 23.7 Å². The summed E-state index contributed by atoms with van der Waals surface area (Å²) in [7, 11) is 0. The summed E-state index contributed by atoms with van der Waals surface area (Å²) >= 11 is 0. The van der Waals surface area contributed by atoms with Crippen molar-refractivity contribution in [3.05, 3.63) is 59.7 Å². The Labute approximate surface area is 148 Å². The van der Waals surface area contributed by atoms with Crippen molar-refractivity contribution in [3.8, 4) is 11.5 Å². The first-order valence-electron chi connectivity index (χ1n) is 8.81. The molecule has 2 aromatic carbocycles. The topological polar surface area (TPSA) is 36.9 Å². The normalized spacial score (nSPS) is 18.3. The van der Waals surface area contributed by atoms with E-state index < -0.39 is 0 Å². The molecule has 4 nitrogen and oxygen atoms in total. The van der Waals surface area contributed by atoms with Gasteiger partial charge in [0.2, 0.25) is 0 Å². The molecule has 25 heavy (non-hydrogen) atoms. The van der Waals surface area contributed by atoms with Gasteiger partial charge in [0.25, 0.3) is 0 Å². The molecule has 2 aliphatic rings. The van der Waals surface area contributed by atoms with Gasteiger partial charge in [-0.3, -0.25) is 0 Å². The minimum Gasteiger partial charge on any atom is -0.486 e. The maximum Gasteiger partial charge on any atom is 0.145 e. The predicted octanol–water partition coefficient (Wildman–Crippen LogP) is 3.57. The summed E-state index contributed by atoms with van der Waals surface area (Å²) in [5.74, 6) is 1.80. The Morgan fingerprint density at radius 3 is 1.32 bits per heavy atom. The van der Waals surface area contributed by atoms with Crippen LogP contribution in [0.25, 0.3) is 0 Å². The molecule has 0 radical (unpaired) electrons. The second kappa shape index (κ2) is 6.70. The first kappa shape index (κ1) is 16.4. The van der Waals surface area contributed by atoms with E-state index in [0.29, 0.717) is 26.4 Å². The lowest BCUT2D eigenvalue weighted by molar-refractivity contribution is -0.0796. The van der Waals surface area contributed by atoms with E-state index in [2.05, 4.69) is 38.1 Å². The Morgan fingerprint density at radius 2 is 1.04 bits per heavy atom. The standard InChI is InChI=1S/C21H24O4/c1-21(2,15-3-7-17(8-4-15)24-19-11-22-12-19)16-5-9-18(10-6-16)25-20-13-23-14-20/h3-10,19-20H,11-14H2,1-2H3. The van der Waals surface area contributed by atoms with Gasteiger partial charge in [-0.15, -0.1) is 0 Å². The second-order valence-electron chi connectivity index (χ2n) is 7.23. The number of benzene rings is 2. The molecule has 0 aromatic heterocycles. The average Bonchev–Trinajstić information content (AvgIpc) is 2.55. The second-order valence-corrected chi connectivity index (χ2v) is 7.23. The van der Waals surface area contributed by atoms with E-state index in [4.69, 9.17) is 18.9 Å². The molecule has 2 fully saturated rings. The van der Waals surface area contributed by atoms with Crippen molar-refractivity contribution in [2.24, 2.45) is 0 Å². The van der Waals surface area contributed by atoms with Crippen molar-refractivity contribution in [1.29, 1.82) is 0 Å². The Bertz CT molecular complexity index is 636. The number of hydrogen-bond acceptors (Lipinski definition) is 4. The van der Waals surface area contributed by atoms with Crippen LogP contribution in [-0.2, 0) is 14.9 Å². The molecule has 0 spiro atoms. The van der Waals surface area contributed by atoms with Crippen LogP contribution in [0.5, 0.6) is 11.5 Å². The molecule has 2 heterocycles. The Hall–Kier alpha value is -2.04. The van der Waals surface area contributed by atoms with Crippen molar-refractivity contribution in [3.63, 3.8) is 0 Å². The van der Waals surface area contributed by atoms with Gasteiger partial charge in [0.15, 0.2) is 0 Å². The van der Waals surface area contributed by atoms with Crippen molar-refractivity contribution >= 4 is 0 Å². The molecule has 132 valence electrons. The fourth-order valence-corrected chi connectivity index (χ4v) is 3.02. The maximum absolute atomic E-state index is 5.84. The molecule has 0 aliphatic carbocycles. The zero-order valence-electron chi connectivity index (χ0n) is 14.7. The largest absolute Gasteiger partial charge is 0.486 e. The van der Waals surface area contributed by atoms with Crippen LogP contribution in [0.4, 0.5) is 0 Å². The minimum absolute atomic E-state index is 0.0871. The summed E-state index contributed by atoms with van der Waals surface area (Å²) in [6.45, 7) is 7.23. The van der Waals surface area contributed by atoms with Crippen molar-refractivity contribution in [2.75, 3.05) is 26.4 Å². The molecule has 0 atom stereocenters. The van der Waals surface area contributed by atoms with Crippen molar-refractivity contribution < 1.29 is 18.9 Å². The molecule has 2 aromatic rings. The van der Waals surface area contributed by atoms with E-state index in [-0.39, 0.29) is 17.6 Å². The van der Waals surface area contributed by atoms with Gasteiger partial charge in [-0.25, -0.2) is 0 Å². The Kier molecular flexibility index (Phi) is 4.40. The third-order valence-corrected chi connectivity index (χ3v) is 4.97. The average molecular weight is 340 g/mol. The monoisotopic (exact) mass is 340 g/mol. The zero-order chi connectivity index (χ0) is 17.3. The van der Waals surface area contributed by atoms with Crippen LogP contribution >= 0.6 is 0 Å². The first-order valence-corrected chi connectivity index (χ1v) is 8.81. The SMILES string of the molecule is CC(C)(c1ccc(OC2COC2)cc1)c1ccc(OC2COC2)cc1. The molecular formula is C21H24O4. The molecule has 0 bridgehead atoms. The molecule has 2 saturated heterocycles. The Balaban J connectivity index is 1.45. The van der Waals surface area contributed by atoms with Gasteiger partial charge < -0.3 is 18.9 Å². The quantitative estimate of drug-likeness (QED) is 0.806. The molecule has 4 rings (SSSR count). The zero-order valence-corrected chi connectivity index (χ0v) is 14.7. The number of ether oxygens (including phenoxy) is 4. The van der Waals surface area contributed by atoms with Crippen LogP contribution in [0, 0.1) is 0 Å². The van der Waals surface area contributed by atoms with E-state index in [9.17, 15) is 0 Å². The van der Waals surface area contributed by atoms with E-state index in [0.717, 1.165) is 11.5 Å². The van der Waals surface area contributed by atoms with Crippen LogP contribution in [0.1, 0.15) is 25.0 Å². The van der Waals surface area contributed by atoms with E-state index >= 15 is 0 Å². The highest BCUT2D eigenvalue weighted by atomic mass is 16.6. The smallest absolute Gasteiger partial charge is 0.145 e. The number of hydrogen-bond donors (Lipinski definition) is 0. The van der Waals surface area contributed by atoms with Gasteiger partial charge >= 0.3 is 0 Å². The van der Waals surface area contributed by atoms with Gasteiger partial charge in [-0.2, -0.15) is 0 Å². The minimum atomic E-state index is -0.0871. The first-order chi connectivity index (χ1) is 12.1. The maximum atomic E-state index is 5.84. The molecule has 0 unspecified atom stereocenters. The fourth-order valence-electron chi connectivity index (χ4n) is 3.02. The molecule has 4 heteroatoms. The van der Waals surface area contributed by atoms with Crippen molar-refractivity contribution in [2.45, 2.75) is 31.5 Å². The third kappa shape index (κ3) is 3.51. The third-order valence-electron chi connectivity index (χ3n) is 4.97. The lowest BCUT2D eigenvalue weighted by Gasteiger charge is -2.29. The molecule has 0 saturated carbocycles. The highest BCUT2D eigenvalue weighted by molar-refractivity contribution is 5.42. The lowest BCUT2D eigenvalue weighted by atomic mass is 9.78. The molecule has 0 N–H and O–H groups in total. The molecule has 2 aliphatic heterocycles. The highest BCUT2D eigenvalue weighted by Crippen LogP contribution is 2.33. The summed E-state index contributed by atoms with van der Waals surface area (Å²) in [4.78, 5) is 0. The van der Waals surface area contributed by atoms with Crippen LogP contribution in [0.2, 0.25) is 0 Å². The summed E-state index contributed by atoms with van der Waals surface area (Å²) < 4.78 is 22.0. The summed E-state index contributed by atoms with van der Waals surface area (Å²) in [6, 6.07) is 16.8. The highest BCUT2D eigenvalue weighted by Gasteiger charge is 2.25. The van der Waals surface area contributed by atoms with Gasteiger partial charge in [-0.1, -0.05) is 38.1 Å². The summed E-state index contributed by atoms with van der Waals surface area (Å²) in [5.41, 5.74) is 2.42. The van der Waals surface area contributed by atoms with E-state index in [1.54, 1.807) is 0 Å². The van der Waals surface area contributed by atoms with Gasteiger partial charge in [0, 0.05) is 5.41 Å². The fraction of sp³-hybridized carbons (Fsp3) is 0.429.